The summed E-state index contributed by atoms with van der Waals surface area (Å²) in [5.41, 5.74) is 1.70. The number of thioether (sulfide) groups is 1. The van der Waals surface area contributed by atoms with E-state index in [9.17, 15) is 9.59 Å². The average Bonchev–Trinajstić information content (AvgIpc) is 2.70. The second-order valence-electron chi connectivity index (χ2n) is 7.66. The van der Waals surface area contributed by atoms with Crippen molar-refractivity contribution in [3.05, 3.63) is 70.5 Å². The number of rotatable bonds is 7. The zero-order chi connectivity index (χ0) is 21.0. The van der Waals surface area contributed by atoms with E-state index in [4.69, 9.17) is 4.98 Å². The number of nitrogens with zero attached hydrogens (tertiary/aromatic N) is 3. The molecule has 0 aliphatic heterocycles. The van der Waals surface area contributed by atoms with Crippen molar-refractivity contribution in [2.24, 2.45) is 5.92 Å². The van der Waals surface area contributed by atoms with Crippen LogP contribution in [-0.4, -0.2) is 32.7 Å². The van der Waals surface area contributed by atoms with Gasteiger partial charge in [0.2, 0.25) is 5.91 Å². The second kappa shape index (κ2) is 9.27. The lowest BCUT2D eigenvalue weighted by Gasteiger charge is -2.22. The Bertz CT molecular complexity index is 1050. The minimum atomic E-state index is -0.352. The molecule has 0 bridgehead atoms. The molecule has 0 aliphatic rings. The number of fused-ring (bicyclic) bond motifs is 1. The van der Waals surface area contributed by atoms with Crippen LogP contribution in [0.2, 0.25) is 0 Å². The van der Waals surface area contributed by atoms with Crippen LogP contribution in [0.5, 0.6) is 0 Å². The molecule has 0 unspecified atom stereocenters. The summed E-state index contributed by atoms with van der Waals surface area (Å²) >= 11 is 1.35. The monoisotopic (exact) mass is 409 g/mol. The van der Waals surface area contributed by atoms with Gasteiger partial charge in [-0.2, -0.15) is 0 Å². The first-order chi connectivity index (χ1) is 13.9. The Balaban J connectivity index is 1.85. The number of carbonyl (C=O) groups is 1. The van der Waals surface area contributed by atoms with Gasteiger partial charge in [0.25, 0.3) is 5.56 Å². The van der Waals surface area contributed by atoms with E-state index in [1.54, 1.807) is 22.6 Å². The second-order valence-corrected chi connectivity index (χ2v) is 8.97. The predicted octanol–water partition coefficient (Wildman–Crippen LogP) is 4.19. The van der Waals surface area contributed by atoms with Crippen molar-refractivity contribution >= 4 is 28.6 Å². The number of carbonyl (C=O) groups excluding carboxylic acids is 1. The van der Waals surface area contributed by atoms with E-state index < -0.39 is 0 Å². The summed E-state index contributed by atoms with van der Waals surface area (Å²) < 4.78 is 1.71. The Morgan fingerprint density at radius 1 is 1.07 bits per heavy atom. The molecule has 1 atom stereocenters. The van der Waals surface area contributed by atoms with Gasteiger partial charge in [0.05, 0.1) is 16.2 Å². The fraction of sp³-hybridized carbons (Fsp3) is 0.348. The number of amides is 1. The minimum absolute atomic E-state index is 0.0114. The van der Waals surface area contributed by atoms with Crippen LogP contribution in [0.1, 0.15) is 26.3 Å². The summed E-state index contributed by atoms with van der Waals surface area (Å²) in [6.07, 6.45) is 0. The molecule has 0 saturated carbocycles. The van der Waals surface area contributed by atoms with Crippen LogP contribution in [-0.2, 0) is 17.9 Å². The fourth-order valence-electron chi connectivity index (χ4n) is 3.22. The molecule has 6 heteroatoms. The van der Waals surface area contributed by atoms with Crippen LogP contribution < -0.4 is 5.56 Å². The van der Waals surface area contributed by atoms with Crippen molar-refractivity contribution in [1.82, 2.24) is 14.5 Å². The van der Waals surface area contributed by atoms with Crippen molar-refractivity contribution in [2.45, 2.75) is 44.3 Å². The van der Waals surface area contributed by atoms with Crippen molar-refractivity contribution in [3.8, 4) is 0 Å². The van der Waals surface area contributed by atoms with Crippen molar-refractivity contribution in [2.75, 3.05) is 7.05 Å². The molecule has 1 heterocycles. The fourth-order valence-corrected chi connectivity index (χ4v) is 4.25. The van der Waals surface area contributed by atoms with Crippen molar-refractivity contribution in [1.29, 1.82) is 0 Å². The minimum Gasteiger partial charge on any atom is -0.340 e. The lowest BCUT2D eigenvalue weighted by molar-refractivity contribution is -0.129. The van der Waals surface area contributed by atoms with Crippen LogP contribution >= 0.6 is 11.8 Å². The third-order valence-corrected chi connectivity index (χ3v) is 5.72. The van der Waals surface area contributed by atoms with Crippen molar-refractivity contribution < 1.29 is 4.79 Å². The van der Waals surface area contributed by atoms with Gasteiger partial charge < -0.3 is 4.90 Å². The smallest absolute Gasteiger partial charge is 0.262 e. The molecule has 3 aromatic rings. The van der Waals surface area contributed by atoms with E-state index in [-0.39, 0.29) is 16.7 Å². The Kier molecular flexibility index (Phi) is 6.75. The molecule has 152 valence electrons. The Morgan fingerprint density at radius 2 is 1.72 bits per heavy atom. The number of hydrogen-bond donors (Lipinski definition) is 0. The highest BCUT2D eigenvalue weighted by atomic mass is 32.2. The Labute approximate surface area is 175 Å². The highest BCUT2D eigenvalue weighted by Crippen LogP contribution is 2.24. The molecule has 0 N–H and O–H groups in total. The van der Waals surface area contributed by atoms with Gasteiger partial charge in [-0.25, -0.2) is 4.98 Å². The first kappa shape index (κ1) is 21.1. The summed E-state index contributed by atoms with van der Waals surface area (Å²) in [4.78, 5) is 32.4. The lowest BCUT2D eigenvalue weighted by atomic mass is 10.2. The van der Waals surface area contributed by atoms with Crippen molar-refractivity contribution in [3.63, 3.8) is 0 Å². The lowest BCUT2D eigenvalue weighted by Crippen LogP contribution is -2.33. The van der Waals surface area contributed by atoms with Gasteiger partial charge in [0.1, 0.15) is 0 Å². The summed E-state index contributed by atoms with van der Waals surface area (Å²) in [6, 6.07) is 17.3. The van der Waals surface area contributed by atoms with Crippen LogP contribution in [0.25, 0.3) is 10.9 Å². The van der Waals surface area contributed by atoms with Gasteiger partial charge in [0, 0.05) is 20.1 Å². The molecule has 3 rings (SSSR count). The number of benzene rings is 2. The summed E-state index contributed by atoms with van der Waals surface area (Å²) in [6.45, 7) is 7.13. The average molecular weight is 410 g/mol. The molecular formula is C23H27N3O2S. The van der Waals surface area contributed by atoms with E-state index in [0.29, 0.717) is 35.1 Å². The maximum atomic E-state index is 13.0. The maximum absolute atomic E-state index is 13.0. The standard InChI is InChI=1S/C23H27N3O2S/c1-16(2)14-26-22(28)19-12-8-9-13-20(19)24-23(26)29-17(3)21(27)25(4)15-18-10-6-5-7-11-18/h5-13,16-17H,14-15H2,1-4H3/t17-/m0/s1. The molecule has 5 nitrogen and oxygen atoms in total. The molecule has 0 saturated heterocycles. The molecule has 0 spiro atoms. The van der Waals surface area contributed by atoms with Gasteiger partial charge >= 0.3 is 0 Å². The van der Waals surface area contributed by atoms with Crippen LogP contribution in [0.15, 0.2) is 64.5 Å². The third-order valence-electron chi connectivity index (χ3n) is 4.64. The van der Waals surface area contributed by atoms with E-state index >= 15 is 0 Å². The van der Waals surface area contributed by atoms with Gasteiger partial charge in [-0.15, -0.1) is 0 Å². The van der Waals surface area contributed by atoms with Crippen LogP contribution in [0, 0.1) is 5.92 Å². The van der Waals surface area contributed by atoms with E-state index in [1.807, 2.05) is 55.5 Å². The predicted molar refractivity (Wildman–Crippen MR) is 119 cm³/mol. The largest absolute Gasteiger partial charge is 0.340 e. The number of hydrogen-bond acceptors (Lipinski definition) is 4. The topological polar surface area (TPSA) is 55.2 Å². The van der Waals surface area contributed by atoms with Crippen LogP contribution in [0.4, 0.5) is 0 Å². The van der Waals surface area contributed by atoms with Gasteiger partial charge in [0.15, 0.2) is 5.16 Å². The van der Waals surface area contributed by atoms with Crippen LogP contribution in [0.3, 0.4) is 0 Å². The van der Waals surface area contributed by atoms with Gasteiger partial charge in [-0.05, 0) is 30.5 Å². The van der Waals surface area contributed by atoms with E-state index in [2.05, 4.69) is 13.8 Å². The van der Waals surface area contributed by atoms with Gasteiger partial charge in [-0.3, -0.25) is 14.2 Å². The number of aromatic nitrogens is 2. The SMILES string of the molecule is CC(C)Cn1c(S[C@@H](C)C(=O)N(C)Cc2ccccc2)nc2ccccc2c1=O. The highest BCUT2D eigenvalue weighted by molar-refractivity contribution is 8.00. The zero-order valence-corrected chi connectivity index (χ0v) is 18.1. The molecule has 2 aromatic carbocycles. The zero-order valence-electron chi connectivity index (χ0n) is 17.3. The molecule has 0 fully saturated rings. The van der Waals surface area contributed by atoms with E-state index in [0.717, 1.165) is 5.56 Å². The summed E-state index contributed by atoms with van der Waals surface area (Å²) in [7, 11) is 1.81. The molecular weight excluding hydrogens is 382 g/mol. The Morgan fingerprint density at radius 3 is 2.41 bits per heavy atom. The first-order valence-electron chi connectivity index (χ1n) is 9.82. The molecule has 0 radical (unpaired) electrons. The molecule has 0 aliphatic carbocycles. The molecule has 1 amide bonds. The third kappa shape index (κ3) is 5.07. The van der Waals surface area contributed by atoms with Gasteiger partial charge in [-0.1, -0.05) is 68.1 Å². The number of para-hydroxylation sites is 1. The summed E-state index contributed by atoms with van der Waals surface area (Å²) in [5, 5.41) is 0.851. The summed E-state index contributed by atoms with van der Waals surface area (Å²) in [5.74, 6) is 0.305. The molecule has 29 heavy (non-hydrogen) atoms. The molecule has 1 aromatic heterocycles. The van der Waals surface area contributed by atoms with E-state index in [1.165, 1.54) is 11.8 Å². The first-order valence-corrected chi connectivity index (χ1v) is 10.7. The quantitative estimate of drug-likeness (QED) is 0.434. The normalized spacial score (nSPS) is 12.3. The Hall–Kier alpha value is -2.60. The maximum Gasteiger partial charge on any atom is 0.262 e. The highest BCUT2D eigenvalue weighted by Gasteiger charge is 2.22.